The van der Waals surface area contributed by atoms with Gasteiger partial charge in [-0.2, -0.15) is 0 Å². The third-order valence-corrected chi connectivity index (χ3v) is 3.54. The summed E-state index contributed by atoms with van der Waals surface area (Å²) >= 11 is 0. The van der Waals surface area contributed by atoms with E-state index in [-0.39, 0.29) is 0 Å². The Morgan fingerprint density at radius 2 is 2.18 bits per heavy atom. The van der Waals surface area contributed by atoms with E-state index in [0.717, 1.165) is 38.4 Å². The first kappa shape index (κ1) is 14.5. The first-order chi connectivity index (χ1) is 8.09. The second-order valence-corrected chi connectivity index (χ2v) is 5.77. The van der Waals surface area contributed by atoms with Gasteiger partial charge < -0.3 is 10.2 Å². The maximum absolute atomic E-state index is 11.9. The summed E-state index contributed by atoms with van der Waals surface area (Å²) in [6, 6.07) is 0. The lowest BCUT2D eigenvalue weighted by atomic mass is 10.0. The van der Waals surface area contributed by atoms with Crippen molar-refractivity contribution in [3.8, 4) is 0 Å². The molecule has 0 radical (unpaired) electrons. The lowest BCUT2D eigenvalue weighted by molar-refractivity contribution is -0.130. The van der Waals surface area contributed by atoms with Crippen LogP contribution in [0.5, 0.6) is 0 Å². The molecule has 3 heteroatoms. The predicted molar refractivity (Wildman–Crippen MR) is 71.9 cm³/mol. The van der Waals surface area contributed by atoms with Gasteiger partial charge in [0.25, 0.3) is 0 Å². The predicted octanol–water partition coefficient (Wildman–Crippen LogP) is 2.27. The van der Waals surface area contributed by atoms with Crippen LogP contribution in [0.4, 0.5) is 0 Å². The van der Waals surface area contributed by atoms with Gasteiger partial charge in [-0.3, -0.25) is 4.79 Å². The molecule has 1 N–H and O–H groups in total. The molecule has 0 aromatic heterocycles. The van der Waals surface area contributed by atoms with Crippen molar-refractivity contribution < 1.29 is 4.79 Å². The number of nitrogens with zero attached hydrogens (tertiary/aromatic N) is 1. The van der Waals surface area contributed by atoms with E-state index in [0.29, 0.717) is 11.8 Å². The highest BCUT2D eigenvalue weighted by Crippen LogP contribution is 2.12. The first-order valence-corrected chi connectivity index (χ1v) is 7.04. The van der Waals surface area contributed by atoms with E-state index in [1.165, 1.54) is 19.3 Å². The van der Waals surface area contributed by atoms with Crippen molar-refractivity contribution in [3.05, 3.63) is 0 Å². The van der Waals surface area contributed by atoms with Gasteiger partial charge in [0.05, 0.1) is 0 Å². The number of nitrogens with one attached hydrogen (secondary N) is 1. The van der Waals surface area contributed by atoms with Crippen molar-refractivity contribution >= 4 is 5.91 Å². The minimum absolute atomic E-state index is 0.320. The Kier molecular flexibility index (Phi) is 6.56. The van der Waals surface area contributed by atoms with Gasteiger partial charge in [0.15, 0.2) is 0 Å². The molecule has 0 bridgehead atoms. The van der Waals surface area contributed by atoms with Crippen LogP contribution in [0.3, 0.4) is 0 Å². The Balaban J connectivity index is 2.09. The molecule has 1 heterocycles. The average Bonchev–Trinajstić information content (AvgIpc) is 2.76. The quantitative estimate of drug-likeness (QED) is 0.692. The normalized spacial score (nSPS) is 19.9. The van der Waals surface area contributed by atoms with E-state index in [1.807, 2.05) is 11.9 Å². The summed E-state index contributed by atoms with van der Waals surface area (Å²) in [6.45, 7) is 7.59. The average molecular weight is 240 g/mol. The summed E-state index contributed by atoms with van der Waals surface area (Å²) in [5.74, 6) is 1.74. The van der Waals surface area contributed by atoms with Gasteiger partial charge >= 0.3 is 0 Å². The van der Waals surface area contributed by atoms with Crippen molar-refractivity contribution in [2.24, 2.45) is 11.8 Å². The van der Waals surface area contributed by atoms with Crippen LogP contribution in [-0.2, 0) is 4.79 Å². The van der Waals surface area contributed by atoms with Crippen LogP contribution in [-0.4, -0.2) is 37.5 Å². The standard InChI is InChI=1S/C14H28N2O/c1-12(2)6-4-5-7-14(17)16(3)11-13-8-9-15-10-13/h12-13,15H,4-11H2,1-3H3. The molecule has 0 aromatic carbocycles. The Bertz CT molecular complexity index is 222. The van der Waals surface area contributed by atoms with Gasteiger partial charge in [-0.1, -0.05) is 26.7 Å². The number of unbranched alkanes of at least 4 members (excludes halogenated alkanes) is 1. The molecule has 1 saturated heterocycles. The molecule has 0 aliphatic carbocycles. The fourth-order valence-electron chi connectivity index (χ4n) is 2.38. The zero-order valence-corrected chi connectivity index (χ0v) is 11.7. The van der Waals surface area contributed by atoms with E-state index in [2.05, 4.69) is 19.2 Å². The molecule has 1 atom stereocenters. The Morgan fingerprint density at radius 1 is 1.41 bits per heavy atom. The van der Waals surface area contributed by atoms with E-state index in [4.69, 9.17) is 0 Å². The van der Waals surface area contributed by atoms with Crippen molar-refractivity contribution in [2.75, 3.05) is 26.7 Å². The zero-order valence-electron chi connectivity index (χ0n) is 11.7. The van der Waals surface area contributed by atoms with Gasteiger partial charge in [-0.05, 0) is 37.8 Å². The molecule has 0 aromatic rings. The monoisotopic (exact) mass is 240 g/mol. The topological polar surface area (TPSA) is 32.3 Å². The van der Waals surface area contributed by atoms with Crippen LogP contribution in [0.25, 0.3) is 0 Å². The molecule has 0 spiro atoms. The molecule has 0 saturated carbocycles. The molecule has 1 unspecified atom stereocenters. The molecular weight excluding hydrogens is 212 g/mol. The Hall–Kier alpha value is -0.570. The van der Waals surface area contributed by atoms with Crippen molar-refractivity contribution in [1.29, 1.82) is 0 Å². The third kappa shape index (κ3) is 6.06. The van der Waals surface area contributed by atoms with Crippen LogP contribution in [0.1, 0.15) is 46.0 Å². The number of carbonyl (C=O) groups excluding carboxylic acids is 1. The summed E-state index contributed by atoms with van der Waals surface area (Å²) in [6.07, 6.45) is 5.41. The summed E-state index contributed by atoms with van der Waals surface area (Å²) in [7, 11) is 1.95. The van der Waals surface area contributed by atoms with Gasteiger partial charge in [-0.15, -0.1) is 0 Å². The third-order valence-electron chi connectivity index (χ3n) is 3.54. The largest absolute Gasteiger partial charge is 0.345 e. The fourth-order valence-corrected chi connectivity index (χ4v) is 2.38. The number of rotatable bonds is 7. The maximum atomic E-state index is 11.9. The van der Waals surface area contributed by atoms with E-state index < -0.39 is 0 Å². The Morgan fingerprint density at radius 3 is 2.76 bits per heavy atom. The van der Waals surface area contributed by atoms with Crippen LogP contribution in [0.15, 0.2) is 0 Å². The van der Waals surface area contributed by atoms with Gasteiger partial charge in [0.2, 0.25) is 5.91 Å². The minimum atomic E-state index is 0.320. The molecule has 100 valence electrons. The van der Waals surface area contributed by atoms with Crippen LogP contribution in [0.2, 0.25) is 0 Å². The van der Waals surface area contributed by atoms with Gasteiger partial charge in [0.1, 0.15) is 0 Å². The number of hydrogen-bond acceptors (Lipinski definition) is 2. The van der Waals surface area contributed by atoms with Crippen LogP contribution in [0, 0.1) is 11.8 Å². The highest BCUT2D eigenvalue weighted by Gasteiger charge is 2.18. The van der Waals surface area contributed by atoms with Crippen LogP contribution >= 0.6 is 0 Å². The van der Waals surface area contributed by atoms with Crippen molar-refractivity contribution in [2.45, 2.75) is 46.0 Å². The van der Waals surface area contributed by atoms with Gasteiger partial charge in [0, 0.05) is 20.0 Å². The van der Waals surface area contributed by atoms with Gasteiger partial charge in [-0.25, -0.2) is 0 Å². The summed E-state index contributed by atoms with van der Waals surface area (Å²) in [5, 5.41) is 3.34. The number of amides is 1. The Labute approximate surface area is 106 Å². The molecule has 1 fully saturated rings. The lowest BCUT2D eigenvalue weighted by Crippen LogP contribution is -2.32. The summed E-state index contributed by atoms with van der Waals surface area (Å²) in [4.78, 5) is 13.8. The molecule has 1 rings (SSSR count). The smallest absolute Gasteiger partial charge is 0.222 e. The maximum Gasteiger partial charge on any atom is 0.222 e. The minimum Gasteiger partial charge on any atom is -0.345 e. The SMILES string of the molecule is CC(C)CCCCC(=O)N(C)CC1CCNC1. The molecule has 1 aliphatic rings. The first-order valence-electron chi connectivity index (χ1n) is 7.04. The molecule has 1 aliphatic heterocycles. The van der Waals surface area contributed by atoms with Crippen LogP contribution < -0.4 is 5.32 Å². The second-order valence-electron chi connectivity index (χ2n) is 5.77. The van der Waals surface area contributed by atoms with E-state index >= 15 is 0 Å². The summed E-state index contributed by atoms with van der Waals surface area (Å²) < 4.78 is 0. The molecule has 17 heavy (non-hydrogen) atoms. The van der Waals surface area contributed by atoms with Crippen molar-refractivity contribution in [3.63, 3.8) is 0 Å². The number of hydrogen-bond donors (Lipinski definition) is 1. The van der Waals surface area contributed by atoms with E-state index in [1.54, 1.807) is 0 Å². The number of carbonyl (C=O) groups is 1. The molecule has 3 nitrogen and oxygen atoms in total. The van der Waals surface area contributed by atoms with E-state index in [9.17, 15) is 4.79 Å². The highest BCUT2D eigenvalue weighted by molar-refractivity contribution is 5.75. The fraction of sp³-hybridized carbons (Fsp3) is 0.929. The summed E-state index contributed by atoms with van der Waals surface area (Å²) in [5.41, 5.74) is 0. The zero-order chi connectivity index (χ0) is 12.7. The molecule has 1 amide bonds. The van der Waals surface area contributed by atoms with Crippen molar-refractivity contribution in [1.82, 2.24) is 10.2 Å². The molecular formula is C14H28N2O. The lowest BCUT2D eigenvalue weighted by Gasteiger charge is -2.20. The highest BCUT2D eigenvalue weighted by atomic mass is 16.2. The second kappa shape index (κ2) is 7.70.